The first-order chi connectivity index (χ1) is 15.1. The Morgan fingerprint density at radius 1 is 1.12 bits per heavy atom. The Kier molecular flexibility index (Phi) is 6.14. The minimum absolute atomic E-state index is 0.000816. The molecule has 32 heavy (non-hydrogen) atoms. The largest absolute Gasteiger partial charge is 0.444 e. The summed E-state index contributed by atoms with van der Waals surface area (Å²) in [6.07, 6.45) is 5.10. The molecule has 0 spiro atoms. The van der Waals surface area contributed by atoms with Crippen LogP contribution in [-0.4, -0.2) is 50.3 Å². The average molecular weight is 442 g/mol. The van der Waals surface area contributed by atoms with Gasteiger partial charge in [0.05, 0.1) is 0 Å². The van der Waals surface area contributed by atoms with Crippen LogP contribution in [0.4, 0.5) is 10.7 Å². The van der Waals surface area contributed by atoms with E-state index in [0.717, 1.165) is 31.1 Å². The highest BCUT2D eigenvalue weighted by Crippen LogP contribution is 2.39. The summed E-state index contributed by atoms with van der Waals surface area (Å²) in [7, 11) is 0. The Labute approximate surface area is 189 Å². The van der Waals surface area contributed by atoms with Gasteiger partial charge < -0.3 is 15.0 Å². The number of nitrogens with one attached hydrogen (secondary N) is 1. The summed E-state index contributed by atoms with van der Waals surface area (Å²) in [5, 5.41) is 4.30. The summed E-state index contributed by atoms with van der Waals surface area (Å²) in [4.78, 5) is 36.1. The highest BCUT2D eigenvalue weighted by atomic mass is 16.6. The standard InChI is InChI=1S/C24H35N5O3/c1-15-12-19(13-16(15)2)29-20(30)7-6-17-14-25-22(27-21(17)29)26-18-8-10-28(11-9-18)23(31)32-24(3,4)5/h6-7,14-16,18-19H,8-13H2,1-5H3,(H,25,26,27)/t15-,16?,19?/m1/s1. The van der Waals surface area contributed by atoms with Crippen LogP contribution < -0.4 is 10.9 Å². The third-order valence-corrected chi connectivity index (χ3v) is 6.77. The van der Waals surface area contributed by atoms with E-state index in [2.05, 4.69) is 24.1 Å². The zero-order valence-corrected chi connectivity index (χ0v) is 19.8. The number of rotatable bonds is 3. The van der Waals surface area contributed by atoms with Gasteiger partial charge in [0.15, 0.2) is 0 Å². The Morgan fingerprint density at radius 3 is 2.41 bits per heavy atom. The van der Waals surface area contributed by atoms with E-state index in [0.29, 0.717) is 36.5 Å². The number of likely N-dealkylation sites (tertiary alicyclic amines) is 1. The minimum atomic E-state index is -0.490. The molecule has 1 aliphatic carbocycles. The van der Waals surface area contributed by atoms with Gasteiger partial charge in [-0.3, -0.25) is 9.36 Å². The van der Waals surface area contributed by atoms with Gasteiger partial charge in [-0.2, -0.15) is 4.98 Å². The van der Waals surface area contributed by atoms with Crippen molar-refractivity contribution in [2.45, 2.75) is 78.0 Å². The summed E-state index contributed by atoms with van der Waals surface area (Å²) < 4.78 is 7.34. The quantitative estimate of drug-likeness (QED) is 0.767. The molecule has 4 rings (SSSR count). The first kappa shape index (κ1) is 22.6. The fraction of sp³-hybridized carbons (Fsp3) is 0.667. The molecule has 3 atom stereocenters. The van der Waals surface area contributed by atoms with Crippen molar-refractivity contribution in [2.75, 3.05) is 18.4 Å². The maximum Gasteiger partial charge on any atom is 0.410 e. The lowest BCUT2D eigenvalue weighted by Gasteiger charge is -2.33. The Hall–Kier alpha value is -2.64. The van der Waals surface area contributed by atoms with Gasteiger partial charge in [-0.25, -0.2) is 9.78 Å². The summed E-state index contributed by atoms with van der Waals surface area (Å²) >= 11 is 0. The van der Waals surface area contributed by atoms with Crippen LogP contribution in [0.15, 0.2) is 23.1 Å². The third kappa shape index (κ3) is 4.89. The molecule has 0 bridgehead atoms. The van der Waals surface area contributed by atoms with Crippen LogP contribution in [0, 0.1) is 11.8 Å². The van der Waals surface area contributed by atoms with Crippen LogP contribution in [0.1, 0.15) is 66.3 Å². The van der Waals surface area contributed by atoms with E-state index in [1.165, 1.54) is 0 Å². The number of hydrogen-bond acceptors (Lipinski definition) is 6. The molecule has 2 aromatic rings. The van der Waals surface area contributed by atoms with Crippen LogP contribution in [-0.2, 0) is 4.74 Å². The van der Waals surface area contributed by atoms with Crippen LogP contribution in [0.3, 0.4) is 0 Å². The monoisotopic (exact) mass is 441 g/mol. The van der Waals surface area contributed by atoms with E-state index < -0.39 is 5.60 Å². The molecular weight excluding hydrogens is 406 g/mol. The molecule has 2 aliphatic rings. The van der Waals surface area contributed by atoms with Gasteiger partial charge >= 0.3 is 6.09 Å². The summed E-state index contributed by atoms with van der Waals surface area (Å²) in [5.74, 6) is 1.72. The smallest absolute Gasteiger partial charge is 0.410 e. The second-order valence-electron chi connectivity index (χ2n) is 10.5. The predicted molar refractivity (Wildman–Crippen MR) is 125 cm³/mol. The van der Waals surface area contributed by atoms with Gasteiger partial charge in [-0.1, -0.05) is 13.8 Å². The molecule has 0 aromatic carbocycles. The van der Waals surface area contributed by atoms with E-state index in [9.17, 15) is 9.59 Å². The molecule has 2 aromatic heterocycles. The second-order valence-corrected chi connectivity index (χ2v) is 10.5. The highest BCUT2D eigenvalue weighted by molar-refractivity contribution is 5.75. The van der Waals surface area contributed by atoms with Crippen molar-refractivity contribution in [2.24, 2.45) is 11.8 Å². The Balaban J connectivity index is 1.47. The number of carbonyl (C=O) groups is 1. The van der Waals surface area contributed by atoms with Gasteiger partial charge in [0, 0.05) is 42.8 Å². The summed E-state index contributed by atoms with van der Waals surface area (Å²) in [6, 6.07) is 3.77. The lowest BCUT2D eigenvalue weighted by atomic mass is 10.0. The molecule has 1 amide bonds. The van der Waals surface area contributed by atoms with E-state index in [1.54, 1.807) is 23.2 Å². The van der Waals surface area contributed by atoms with E-state index >= 15 is 0 Å². The molecule has 1 N–H and O–H groups in total. The first-order valence-electron chi connectivity index (χ1n) is 11.7. The molecule has 8 nitrogen and oxygen atoms in total. The van der Waals surface area contributed by atoms with Gasteiger partial charge in [-0.15, -0.1) is 0 Å². The van der Waals surface area contributed by atoms with E-state index in [1.807, 2.05) is 25.3 Å². The van der Waals surface area contributed by atoms with Crippen molar-refractivity contribution >= 4 is 23.1 Å². The van der Waals surface area contributed by atoms with Crippen molar-refractivity contribution in [3.63, 3.8) is 0 Å². The van der Waals surface area contributed by atoms with Crippen molar-refractivity contribution in [3.05, 3.63) is 28.7 Å². The lowest BCUT2D eigenvalue weighted by Crippen LogP contribution is -2.44. The molecule has 3 heterocycles. The number of carbonyl (C=O) groups excluding carboxylic acids is 1. The number of nitrogens with zero attached hydrogens (tertiary/aromatic N) is 4. The topological polar surface area (TPSA) is 89.4 Å². The third-order valence-electron chi connectivity index (χ3n) is 6.77. The summed E-state index contributed by atoms with van der Waals surface area (Å²) in [5.41, 5.74) is 0.210. The minimum Gasteiger partial charge on any atom is -0.444 e. The molecule has 174 valence electrons. The SMILES string of the molecule is CC1CC(n2c(=O)ccc3cnc(NC4CCN(C(=O)OC(C)(C)C)CC4)nc32)C[C@H]1C. The van der Waals surface area contributed by atoms with Crippen molar-refractivity contribution in [3.8, 4) is 0 Å². The van der Waals surface area contributed by atoms with Crippen molar-refractivity contribution in [1.29, 1.82) is 0 Å². The lowest BCUT2D eigenvalue weighted by molar-refractivity contribution is 0.0210. The van der Waals surface area contributed by atoms with E-state index in [4.69, 9.17) is 9.72 Å². The zero-order chi connectivity index (χ0) is 23.0. The highest BCUT2D eigenvalue weighted by Gasteiger charge is 2.31. The van der Waals surface area contributed by atoms with Crippen molar-refractivity contribution < 1.29 is 9.53 Å². The van der Waals surface area contributed by atoms with Crippen LogP contribution in [0.25, 0.3) is 11.0 Å². The first-order valence-corrected chi connectivity index (χ1v) is 11.7. The second kappa shape index (κ2) is 8.71. The molecule has 1 saturated heterocycles. The number of aromatic nitrogens is 3. The molecule has 2 unspecified atom stereocenters. The average Bonchev–Trinajstić information content (AvgIpc) is 3.05. The number of pyridine rings is 1. The number of anilines is 1. The molecular formula is C24H35N5O3. The number of hydrogen-bond donors (Lipinski definition) is 1. The molecule has 1 saturated carbocycles. The molecule has 1 aliphatic heterocycles. The van der Waals surface area contributed by atoms with Gasteiger partial charge in [0.2, 0.25) is 5.95 Å². The number of amides is 1. The van der Waals surface area contributed by atoms with Crippen LogP contribution in [0.5, 0.6) is 0 Å². The fourth-order valence-corrected chi connectivity index (χ4v) is 4.81. The van der Waals surface area contributed by atoms with Crippen LogP contribution in [0.2, 0.25) is 0 Å². The summed E-state index contributed by atoms with van der Waals surface area (Å²) in [6.45, 7) is 11.4. The normalized spacial score (nSPS) is 24.7. The predicted octanol–water partition coefficient (Wildman–Crippen LogP) is 4.21. The molecule has 8 heteroatoms. The number of piperidine rings is 1. The maximum absolute atomic E-state index is 12.8. The maximum atomic E-state index is 12.8. The Bertz CT molecular complexity index is 1030. The van der Waals surface area contributed by atoms with Crippen LogP contribution >= 0.6 is 0 Å². The van der Waals surface area contributed by atoms with Gasteiger partial charge in [0.1, 0.15) is 11.2 Å². The zero-order valence-electron chi connectivity index (χ0n) is 19.8. The molecule has 2 fully saturated rings. The van der Waals surface area contributed by atoms with E-state index in [-0.39, 0.29) is 23.7 Å². The number of fused-ring (bicyclic) bond motifs is 1. The van der Waals surface area contributed by atoms with Gasteiger partial charge in [-0.05, 0) is 64.4 Å². The number of ether oxygens (including phenoxy) is 1. The van der Waals surface area contributed by atoms with Crippen molar-refractivity contribution in [1.82, 2.24) is 19.4 Å². The molecule has 0 radical (unpaired) electrons. The Morgan fingerprint density at radius 2 is 1.78 bits per heavy atom. The van der Waals surface area contributed by atoms with Gasteiger partial charge in [0.25, 0.3) is 5.56 Å². The fourth-order valence-electron chi connectivity index (χ4n) is 4.81.